The molecule has 3 unspecified atom stereocenters. The fourth-order valence-electron chi connectivity index (χ4n) is 13.1. The zero-order valence-electron chi connectivity index (χ0n) is 81.0. The van der Waals surface area contributed by atoms with E-state index in [9.17, 15) is 68.7 Å². The van der Waals surface area contributed by atoms with Crippen molar-refractivity contribution in [3.63, 3.8) is 0 Å². The van der Waals surface area contributed by atoms with Crippen molar-refractivity contribution in [2.45, 2.75) is 213 Å². The quantitative estimate of drug-likeness (QED) is 0.00838. The van der Waals surface area contributed by atoms with Crippen LogP contribution in [0.25, 0.3) is 43.6 Å². The molecule has 19 N–H and O–H groups in total. The number of benzene rings is 8. The van der Waals surface area contributed by atoms with Crippen molar-refractivity contribution < 1.29 is 165 Å². The van der Waals surface area contributed by atoms with Gasteiger partial charge in [0.05, 0.1) is 77.4 Å². The summed E-state index contributed by atoms with van der Waals surface area (Å²) in [5.74, 6) is -0.868. The zero-order valence-corrected chi connectivity index (χ0v) is 87.5. The minimum Gasteiger partial charge on any atom is -0.465 e. The summed E-state index contributed by atoms with van der Waals surface area (Å²) in [6.07, 6.45) is 4.45. The topological polar surface area (TPSA) is 680 Å². The standard InChI is InChI=1S/C24H28N4O6.C23H27N5O5.C22H25N5O4.C22H23N5O4.C5H10O.5CH4.FH.IO4.HI.Na/c1-24(2,3)34-23(32)28-16-7-5-6-14(8-16)11-25-21-17-9-15(19(30)12-29)10-18(22(31)33-4)20(17)26-13-27-21;1-23(2,3)33-22(32)28-15-6-4-5-13(7-15)10-25-21-17-9-14(18(30)11-29)8-16(20(24)31)19(17)26-12-27-21;2*1-22(2,3)31-21(30)27-15-6-4-5-13(7-15)10-24-20-17-9-14(11-28)8-16(19(23)29)18(17)25-12-26-20;1-5-3-2-4-6-5;;;;;;;2-1(3,4)5;;/h5-10,13,19,29-30H,11-12H2,1-4H3,(H,28,32)(H,25,26,27);4-9,12,18,29-30H,10-11H2,1-3H3,(H2,24,31)(H,28,32)(H,25,26,27);4-9,12,28H,10-11H2,1-3H3,(H2,23,29)(H,27,30)(H,24,25,26);4-9,11-12H,10H2,1-3H3,(H2,23,29)(H,27,30)(H,24,25,26);5H,2-4H2,1H3;5*1H4;1H;;1H;/q;;;;;;;;;;;-1;;+1. The maximum atomic E-state index is 12.3. The number of primary amides is 3. The molecule has 43 nitrogen and oxygen atoms in total. The van der Waals surface area contributed by atoms with E-state index in [-0.39, 0.29) is 124 Å². The monoisotopic (exact) mass is 2290 g/mol. The second-order valence-corrected chi connectivity index (χ2v) is 37.2. The number of anilines is 8. The Hall–Kier alpha value is -13.1. The number of fused-ring (bicyclic) bond motifs is 4. The number of ether oxygens (including phenoxy) is 6. The minimum atomic E-state index is -5.94. The van der Waals surface area contributed by atoms with Gasteiger partial charge >= 0.3 is 59.9 Å². The molecule has 7 amide bonds. The van der Waals surface area contributed by atoms with Crippen LogP contribution < -0.4 is 123 Å². The Morgan fingerprint density at radius 3 is 0.959 bits per heavy atom. The average molecular weight is 2300 g/mol. The molecule has 4 aromatic heterocycles. The summed E-state index contributed by atoms with van der Waals surface area (Å²) < 4.78 is 65.6. The number of methoxy groups -OCH3 is 1. The number of hydrogen-bond donors (Lipinski definition) is 16. The summed E-state index contributed by atoms with van der Waals surface area (Å²) in [5, 5.41) is 74.0. The Labute approximate surface area is 904 Å². The van der Waals surface area contributed by atoms with Gasteiger partial charge in [0.1, 0.15) is 110 Å². The van der Waals surface area contributed by atoms with Crippen LogP contribution in [0.2, 0.25) is 0 Å². The van der Waals surface area contributed by atoms with Crippen molar-refractivity contribution in [3.05, 3.63) is 238 Å². The molecule has 3 atom stereocenters. The molecule has 1 aliphatic rings. The number of aliphatic hydroxyl groups excluding tert-OH is 5. The molecular weight excluding hydrogens is 2160 g/mol. The number of carbonyl (C=O) groups is 9. The Morgan fingerprint density at radius 1 is 0.432 bits per heavy atom. The second-order valence-electron chi connectivity index (χ2n) is 35.0. The third-order valence-corrected chi connectivity index (χ3v) is 19.0. The molecule has 12 aromatic rings. The predicted molar refractivity (Wildman–Crippen MR) is 561 cm³/mol. The maximum Gasteiger partial charge on any atom is 1.00 e. The molecule has 8 aromatic carbocycles. The van der Waals surface area contributed by atoms with Crippen LogP contribution in [0.4, 0.5) is 69.9 Å². The molecule has 0 saturated carbocycles. The van der Waals surface area contributed by atoms with Gasteiger partial charge in [0.25, 0.3) is 17.7 Å². The smallest absolute Gasteiger partial charge is 0.465 e. The van der Waals surface area contributed by atoms with Gasteiger partial charge in [0.15, 0.2) is 0 Å². The van der Waals surface area contributed by atoms with Crippen molar-refractivity contribution in [1.29, 1.82) is 0 Å². The number of nitrogens with two attached hydrogens (primary N) is 3. The molecule has 47 heteroatoms. The number of halogens is 3. The molecule has 800 valence electrons. The first-order chi connectivity index (χ1) is 65.9. The fraction of sp³-hybridized carbons (Fsp3) is 0.356. The van der Waals surface area contributed by atoms with Gasteiger partial charge in [-0.05, 0) is 239 Å². The van der Waals surface area contributed by atoms with Crippen LogP contribution in [0.5, 0.6) is 0 Å². The van der Waals surface area contributed by atoms with Crippen molar-refractivity contribution in [2.24, 2.45) is 17.2 Å². The van der Waals surface area contributed by atoms with Gasteiger partial charge in [-0.2, -0.15) is 0 Å². The van der Waals surface area contributed by atoms with E-state index >= 15 is 0 Å². The van der Waals surface area contributed by atoms with Gasteiger partial charge in [-0.3, -0.25) is 58.9 Å². The Kier molecular flexibility index (Phi) is 56.8. The number of hydrogen-bond acceptors (Lipinski definition) is 36. The molecule has 0 spiro atoms. The molecule has 0 radical (unpaired) electrons. The number of aliphatic hydroxyl groups is 5. The number of nitrogens with one attached hydrogen (secondary N) is 8. The maximum absolute atomic E-state index is 12.3. The molecule has 1 aliphatic heterocycles. The van der Waals surface area contributed by atoms with Gasteiger partial charge in [0, 0.05) is 82.6 Å². The SMILES string of the molecule is C.C.C.C.C.CC(C)(C)OC(=O)Nc1cccc(CNc2ncnc3c(C(N)=O)cc(C(O)CO)cc23)c1.CC(C)(C)OC(=O)Nc1cccc(CNc2ncnc3c(C(N)=O)cc(C=O)cc23)c1.CC(C)(C)OC(=O)Nc1cccc(CNc2ncnc3c(C(N)=O)cc(CO)cc23)c1.CC1CCCO1.COC(=O)c1cc(C(O)CO)cc2c(NCc3cccc(NC(=O)OC(C)(C)C)c3)ncnc12.F.I.[Na+].[O-][I+3]([O-])([O-])[O-]. The van der Waals surface area contributed by atoms with Crippen molar-refractivity contribution >= 4 is 168 Å². The summed E-state index contributed by atoms with van der Waals surface area (Å²) in [5.41, 5.74) is 23.3. The van der Waals surface area contributed by atoms with Gasteiger partial charge in [0.2, 0.25) is 0 Å². The molecule has 13 rings (SSSR count). The van der Waals surface area contributed by atoms with Gasteiger partial charge in [-0.15, -0.1) is 24.0 Å². The largest absolute Gasteiger partial charge is 1.00 e. The molecule has 5 heterocycles. The van der Waals surface area contributed by atoms with E-state index in [2.05, 4.69) is 89.3 Å². The number of nitrogens with zero attached hydrogens (tertiary/aromatic N) is 8. The molecule has 0 aliphatic carbocycles. The minimum absolute atomic E-state index is 0. The molecule has 148 heavy (non-hydrogen) atoms. The second kappa shape index (κ2) is 62.3. The summed E-state index contributed by atoms with van der Waals surface area (Å²) >= 11 is -5.94. The van der Waals surface area contributed by atoms with Crippen LogP contribution in [-0.2, 0) is 61.2 Å². The van der Waals surface area contributed by atoms with Crippen LogP contribution >= 0.6 is 24.0 Å². The normalized spacial score (nSPS) is 12.0. The first kappa shape index (κ1) is 135. The number of aldehydes is 1. The molecule has 1 fully saturated rings. The summed E-state index contributed by atoms with van der Waals surface area (Å²) in [6, 6.07) is 41.2. The summed E-state index contributed by atoms with van der Waals surface area (Å²) in [7, 11) is 1.25. The number of aromatic nitrogens is 8. The number of amides is 7. The van der Waals surface area contributed by atoms with E-state index in [0.717, 1.165) is 28.9 Å². The van der Waals surface area contributed by atoms with E-state index in [0.29, 0.717) is 150 Å². The Bertz CT molecular complexity index is 6400. The van der Waals surface area contributed by atoms with E-state index in [1.165, 1.54) is 69.5 Å². The average Bonchev–Trinajstić information content (AvgIpc) is 0.838. The van der Waals surface area contributed by atoms with Crippen LogP contribution in [0.15, 0.2) is 171 Å². The van der Waals surface area contributed by atoms with Crippen LogP contribution in [0.1, 0.15) is 243 Å². The third kappa shape index (κ3) is 44.5. The first-order valence-corrected chi connectivity index (χ1v) is 46.7. The van der Waals surface area contributed by atoms with E-state index in [1.807, 2.05) is 36.4 Å². The number of esters is 1. The zero-order chi connectivity index (χ0) is 103. The van der Waals surface area contributed by atoms with Gasteiger partial charge < -0.3 is 92.4 Å². The number of rotatable bonds is 26. The van der Waals surface area contributed by atoms with Gasteiger partial charge in [-0.25, -0.2) is 63.8 Å². The van der Waals surface area contributed by atoms with E-state index in [1.54, 1.807) is 168 Å². The first-order valence-electron chi connectivity index (χ1n) is 43.2. The van der Waals surface area contributed by atoms with Crippen molar-refractivity contribution in [3.8, 4) is 0 Å². The van der Waals surface area contributed by atoms with Crippen LogP contribution in [-0.4, -0.2) is 175 Å². The van der Waals surface area contributed by atoms with E-state index < -0.39 is 116 Å². The Balaban J connectivity index is 0.00000184. The van der Waals surface area contributed by atoms with Crippen LogP contribution in [0, 0.1) is 0 Å². The number of carbonyl (C=O) groups excluding carboxylic acids is 9. The molecular formula is C101H135FI2N19NaO24. The van der Waals surface area contributed by atoms with Crippen molar-refractivity contribution in [2.75, 3.05) is 69.5 Å². The fourth-order valence-corrected chi connectivity index (χ4v) is 13.1. The molecule has 0 bridgehead atoms. The van der Waals surface area contributed by atoms with E-state index in [4.69, 9.17) is 59.4 Å². The summed E-state index contributed by atoms with van der Waals surface area (Å²) in [6.45, 7) is 24.8. The predicted octanol–water partition coefficient (Wildman–Crippen LogP) is 7.18. The van der Waals surface area contributed by atoms with Crippen molar-refractivity contribution in [1.82, 2.24) is 39.9 Å². The van der Waals surface area contributed by atoms with Crippen LogP contribution in [0.3, 0.4) is 0 Å². The summed E-state index contributed by atoms with van der Waals surface area (Å²) in [4.78, 5) is 141. The Morgan fingerprint density at radius 2 is 0.709 bits per heavy atom. The van der Waals surface area contributed by atoms with Gasteiger partial charge in [-0.1, -0.05) is 85.7 Å². The third-order valence-electron chi connectivity index (χ3n) is 19.0. The molecule has 1 saturated heterocycles.